The first kappa shape index (κ1) is 20.2. The number of carbonyl (C=O) groups excluding carboxylic acids is 1. The summed E-state index contributed by atoms with van der Waals surface area (Å²) in [7, 11) is 1.79. The van der Waals surface area contributed by atoms with Crippen molar-refractivity contribution < 1.29 is 9.69 Å². The fourth-order valence-corrected chi connectivity index (χ4v) is 3.12. The predicted molar refractivity (Wildman–Crippen MR) is 102 cm³/mol. The number of nitrogens with zero attached hydrogens (tertiary/aromatic N) is 1. The van der Waals surface area contributed by atoms with Crippen LogP contribution in [0.2, 0.25) is 10.0 Å². The molecule has 0 spiro atoms. The highest BCUT2D eigenvalue weighted by Gasteiger charge is 2.22. The van der Waals surface area contributed by atoms with Gasteiger partial charge in [0.15, 0.2) is 0 Å². The third kappa shape index (κ3) is 4.35. The number of Topliss-reactive ketones (excluding diaryl/α,β-unsaturated/α-hetero) is 1. The number of carbonyl (C=O) groups is 1. The van der Waals surface area contributed by atoms with E-state index in [1.54, 1.807) is 19.2 Å². The highest BCUT2D eigenvalue weighted by molar-refractivity contribution is 6.42. The number of nitrogen functional groups attached to an aromatic ring is 1. The van der Waals surface area contributed by atoms with E-state index in [0.29, 0.717) is 29.6 Å². The Morgan fingerprint density at radius 2 is 2.00 bits per heavy atom. The number of ketones is 1. The normalized spacial score (nSPS) is 12.2. The number of anilines is 1. The van der Waals surface area contributed by atoms with Crippen molar-refractivity contribution in [1.82, 2.24) is 9.55 Å². The lowest BCUT2D eigenvalue weighted by Crippen LogP contribution is -3.08. The maximum atomic E-state index is 12.6. The first-order valence-corrected chi connectivity index (χ1v) is 8.91. The van der Waals surface area contributed by atoms with E-state index in [1.807, 2.05) is 13.0 Å². The Labute approximate surface area is 160 Å². The van der Waals surface area contributed by atoms with Gasteiger partial charge in [-0.2, -0.15) is 0 Å². The molecule has 1 atom stereocenters. The summed E-state index contributed by atoms with van der Waals surface area (Å²) in [5.41, 5.74) is 5.15. The maximum Gasteiger partial charge on any atom is 0.329 e. The number of hydrogen-bond acceptors (Lipinski definition) is 4. The smallest absolute Gasteiger partial charge is 0.329 e. The van der Waals surface area contributed by atoms with Crippen LogP contribution in [0.15, 0.2) is 27.8 Å². The molecule has 9 heteroatoms. The number of H-pyrrole nitrogens is 1. The van der Waals surface area contributed by atoms with Gasteiger partial charge in [0.25, 0.3) is 5.56 Å². The summed E-state index contributed by atoms with van der Waals surface area (Å²) in [6.07, 6.45) is 0.641. The summed E-state index contributed by atoms with van der Waals surface area (Å²) < 4.78 is 1.21. The Bertz CT molecular complexity index is 937. The number of aromatic amines is 1. The van der Waals surface area contributed by atoms with Gasteiger partial charge in [-0.15, -0.1) is 0 Å². The molecule has 1 aromatic heterocycles. The van der Waals surface area contributed by atoms with Gasteiger partial charge in [-0.3, -0.25) is 19.1 Å². The van der Waals surface area contributed by atoms with E-state index in [1.165, 1.54) is 4.57 Å². The van der Waals surface area contributed by atoms with Gasteiger partial charge in [0, 0.05) is 12.1 Å². The molecule has 0 aliphatic heterocycles. The molecule has 2 rings (SSSR count). The van der Waals surface area contributed by atoms with Crippen LogP contribution in [0.3, 0.4) is 0 Å². The molecule has 140 valence electrons. The van der Waals surface area contributed by atoms with E-state index >= 15 is 0 Å². The number of nitrogens with two attached hydrogens (primary N) is 1. The Morgan fingerprint density at radius 1 is 1.31 bits per heavy atom. The minimum atomic E-state index is -0.765. The standard InChI is InChI=1S/C17H20Cl2N4O3/c1-3-7-23-15(20)13(16(25)21-17(23)26)12(24)9-22(2)8-10-5-4-6-11(18)14(10)19/h4-6H,3,7-9,20H2,1-2H3,(H,21,25,26)/p+1. The molecule has 7 nitrogen and oxygen atoms in total. The number of halogens is 2. The second-order valence-electron chi connectivity index (χ2n) is 6.12. The van der Waals surface area contributed by atoms with Gasteiger partial charge >= 0.3 is 5.69 Å². The Balaban J connectivity index is 2.24. The van der Waals surface area contributed by atoms with Crippen LogP contribution < -0.4 is 21.9 Å². The van der Waals surface area contributed by atoms with Crippen molar-refractivity contribution in [2.45, 2.75) is 26.4 Å². The average molecular weight is 400 g/mol. The zero-order chi connectivity index (χ0) is 19.4. The molecule has 0 aliphatic rings. The fourth-order valence-electron chi connectivity index (χ4n) is 2.74. The molecule has 0 radical (unpaired) electrons. The molecule has 0 fully saturated rings. The monoisotopic (exact) mass is 399 g/mol. The van der Waals surface area contributed by atoms with Gasteiger partial charge in [-0.1, -0.05) is 42.3 Å². The minimum Gasteiger partial charge on any atom is -0.384 e. The van der Waals surface area contributed by atoms with E-state index in [4.69, 9.17) is 28.9 Å². The van der Waals surface area contributed by atoms with Crippen LogP contribution in [0.4, 0.5) is 5.82 Å². The maximum absolute atomic E-state index is 12.6. The van der Waals surface area contributed by atoms with Gasteiger partial charge in [0.2, 0.25) is 5.78 Å². The molecule has 1 heterocycles. The lowest BCUT2D eigenvalue weighted by Gasteiger charge is -2.16. The van der Waals surface area contributed by atoms with Crippen LogP contribution in [-0.2, 0) is 13.1 Å². The zero-order valence-corrected chi connectivity index (χ0v) is 16.1. The van der Waals surface area contributed by atoms with Crippen LogP contribution >= 0.6 is 23.2 Å². The highest BCUT2D eigenvalue weighted by Crippen LogP contribution is 2.24. The van der Waals surface area contributed by atoms with E-state index in [2.05, 4.69) is 4.98 Å². The Kier molecular flexibility index (Phi) is 6.63. The van der Waals surface area contributed by atoms with Crippen molar-refractivity contribution in [3.63, 3.8) is 0 Å². The van der Waals surface area contributed by atoms with E-state index < -0.39 is 17.0 Å². The zero-order valence-electron chi connectivity index (χ0n) is 14.6. The number of aromatic nitrogens is 2. The van der Waals surface area contributed by atoms with Crippen molar-refractivity contribution in [3.8, 4) is 0 Å². The summed E-state index contributed by atoms with van der Waals surface area (Å²) in [5, 5.41) is 0.880. The molecule has 0 aliphatic carbocycles. The van der Waals surface area contributed by atoms with Crippen molar-refractivity contribution in [2.75, 3.05) is 19.3 Å². The largest absolute Gasteiger partial charge is 0.384 e. The predicted octanol–water partition coefficient (Wildman–Crippen LogP) is 0.733. The number of nitrogens with one attached hydrogen (secondary N) is 2. The Morgan fingerprint density at radius 3 is 2.65 bits per heavy atom. The van der Waals surface area contributed by atoms with Crippen LogP contribution in [-0.4, -0.2) is 28.9 Å². The summed E-state index contributed by atoms with van der Waals surface area (Å²) in [6.45, 7) is 2.64. The number of hydrogen-bond donors (Lipinski definition) is 3. The first-order valence-electron chi connectivity index (χ1n) is 8.16. The molecule has 1 unspecified atom stereocenters. The first-order chi connectivity index (χ1) is 12.3. The summed E-state index contributed by atoms with van der Waals surface area (Å²) in [6, 6.07) is 5.29. The molecule has 2 aromatic rings. The summed E-state index contributed by atoms with van der Waals surface area (Å²) in [5.74, 6) is -0.538. The fraction of sp³-hybridized carbons (Fsp3) is 0.353. The minimum absolute atomic E-state index is 0.0143. The van der Waals surface area contributed by atoms with Gasteiger partial charge in [-0.05, 0) is 12.5 Å². The molecular formula is C17H21Cl2N4O3+. The topological polar surface area (TPSA) is 102 Å². The van der Waals surface area contributed by atoms with E-state index in [9.17, 15) is 14.4 Å². The molecule has 0 amide bonds. The quantitative estimate of drug-likeness (QED) is 0.597. The number of benzene rings is 1. The van der Waals surface area contributed by atoms with Crippen LogP contribution in [0.25, 0.3) is 0 Å². The van der Waals surface area contributed by atoms with Gasteiger partial charge in [0.05, 0.1) is 17.1 Å². The number of rotatable bonds is 7. The molecule has 0 saturated heterocycles. The summed E-state index contributed by atoms with van der Waals surface area (Å²) in [4.78, 5) is 39.5. The van der Waals surface area contributed by atoms with Crippen molar-refractivity contribution in [1.29, 1.82) is 0 Å². The highest BCUT2D eigenvalue weighted by atomic mass is 35.5. The van der Waals surface area contributed by atoms with Crippen LogP contribution in [0.5, 0.6) is 0 Å². The van der Waals surface area contributed by atoms with Gasteiger partial charge in [0.1, 0.15) is 24.5 Å². The number of quaternary nitrogens is 1. The second kappa shape index (κ2) is 8.53. The molecule has 0 bridgehead atoms. The summed E-state index contributed by atoms with van der Waals surface area (Å²) >= 11 is 12.2. The van der Waals surface area contributed by atoms with E-state index in [0.717, 1.165) is 10.5 Å². The molecule has 4 N–H and O–H groups in total. The second-order valence-corrected chi connectivity index (χ2v) is 6.90. The molecule has 0 saturated carbocycles. The molecule has 26 heavy (non-hydrogen) atoms. The lowest BCUT2D eigenvalue weighted by atomic mass is 10.1. The van der Waals surface area contributed by atoms with Crippen LogP contribution in [0, 0.1) is 0 Å². The SMILES string of the molecule is CCCn1c(N)c(C(=O)C[NH+](C)Cc2cccc(Cl)c2Cl)c(=O)[nH]c1=O. The third-order valence-corrected chi connectivity index (χ3v) is 4.81. The molecule has 1 aromatic carbocycles. The van der Waals surface area contributed by atoms with Crippen molar-refractivity contribution >= 4 is 34.8 Å². The Hall–Kier alpha value is -2.09. The average Bonchev–Trinajstić information content (AvgIpc) is 2.55. The number of likely N-dealkylation sites (N-methyl/N-ethyl adjacent to an activating group) is 1. The van der Waals surface area contributed by atoms with Gasteiger partial charge in [-0.25, -0.2) is 4.79 Å². The van der Waals surface area contributed by atoms with Crippen LogP contribution in [0.1, 0.15) is 29.3 Å². The lowest BCUT2D eigenvalue weighted by molar-refractivity contribution is -0.884. The van der Waals surface area contributed by atoms with Crippen molar-refractivity contribution in [3.05, 3.63) is 60.2 Å². The third-order valence-electron chi connectivity index (χ3n) is 3.95. The van der Waals surface area contributed by atoms with E-state index in [-0.39, 0.29) is 17.9 Å². The molecular weight excluding hydrogens is 379 g/mol. The van der Waals surface area contributed by atoms with Gasteiger partial charge < -0.3 is 10.6 Å². The van der Waals surface area contributed by atoms with Crippen molar-refractivity contribution in [2.24, 2.45) is 0 Å².